The Hall–Kier alpha value is -1.75. The van der Waals surface area contributed by atoms with Crippen molar-refractivity contribution in [1.29, 1.82) is 0 Å². The fourth-order valence-corrected chi connectivity index (χ4v) is 2.27. The third kappa shape index (κ3) is 3.35. The highest BCUT2D eigenvalue weighted by atomic mass is 32.1. The summed E-state index contributed by atoms with van der Waals surface area (Å²) >= 11 is 1.67. The van der Waals surface area contributed by atoms with Gasteiger partial charge in [0, 0.05) is 23.2 Å². The topological polar surface area (TPSA) is 54.9 Å². The van der Waals surface area contributed by atoms with Crippen LogP contribution >= 0.6 is 11.3 Å². The van der Waals surface area contributed by atoms with Crippen molar-refractivity contribution in [2.24, 2.45) is 5.92 Å². The summed E-state index contributed by atoms with van der Waals surface area (Å²) in [7, 11) is 0. The molecule has 0 aliphatic heterocycles. The van der Waals surface area contributed by atoms with E-state index in [1.54, 1.807) is 23.7 Å². The Kier molecular flexibility index (Phi) is 3.82. The largest absolute Gasteiger partial charge is 0.309 e. The molecule has 88 valence electrons. The minimum atomic E-state index is -0.0735. The molecule has 5 heteroatoms. The molecule has 2 heterocycles. The second kappa shape index (κ2) is 5.54. The number of nitrogens with one attached hydrogen (secondary N) is 1. The van der Waals surface area contributed by atoms with Crippen LogP contribution in [0, 0.1) is 5.92 Å². The molecule has 2 rings (SSSR count). The fraction of sp³-hybridized carbons (Fsp3) is 0.250. The summed E-state index contributed by atoms with van der Waals surface area (Å²) in [5.41, 5.74) is 0. The second-order valence-electron chi connectivity index (χ2n) is 3.76. The predicted molar refractivity (Wildman–Crippen MR) is 67.8 cm³/mol. The van der Waals surface area contributed by atoms with E-state index in [0.29, 0.717) is 5.82 Å². The molecule has 2 aromatic heterocycles. The lowest BCUT2D eigenvalue weighted by Gasteiger charge is -2.10. The van der Waals surface area contributed by atoms with Crippen LogP contribution < -0.4 is 5.32 Å². The summed E-state index contributed by atoms with van der Waals surface area (Å²) in [6, 6.07) is 4.03. The molecular weight excluding hydrogens is 234 g/mol. The first kappa shape index (κ1) is 11.7. The molecule has 17 heavy (non-hydrogen) atoms. The Morgan fingerprint density at radius 2 is 2.41 bits per heavy atom. The summed E-state index contributed by atoms with van der Waals surface area (Å²) in [6.45, 7) is 1.91. The number of thiophene rings is 1. The molecule has 1 atom stereocenters. The van der Waals surface area contributed by atoms with Crippen LogP contribution in [0.3, 0.4) is 0 Å². The van der Waals surface area contributed by atoms with E-state index in [2.05, 4.69) is 15.3 Å². The summed E-state index contributed by atoms with van der Waals surface area (Å²) in [5, 5.41) is 4.76. The van der Waals surface area contributed by atoms with E-state index in [1.807, 2.05) is 24.4 Å². The number of carbonyl (C=O) groups excluding carboxylic acids is 1. The molecule has 2 aromatic rings. The highest BCUT2D eigenvalue weighted by Gasteiger charge is 2.14. The average Bonchev–Trinajstić information content (AvgIpc) is 2.83. The van der Waals surface area contributed by atoms with Crippen LogP contribution in [0.5, 0.6) is 0 Å². The molecule has 0 radical (unpaired) electrons. The van der Waals surface area contributed by atoms with Gasteiger partial charge in [-0.2, -0.15) is 0 Å². The van der Waals surface area contributed by atoms with Crippen molar-refractivity contribution >= 4 is 23.1 Å². The van der Waals surface area contributed by atoms with E-state index in [0.717, 1.165) is 6.42 Å². The number of hydrogen-bond acceptors (Lipinski definition) is 4. The van der Waals surface area contributed by atoms with Crippen molar-refractivity contribution in [1.82, 2.24) is 9.97 Å². The molecule has 1 N–H and O–H groups in total. The van der Waals surface area contributed by atoms with Gasteiger partial charge in [-0.15, -0.1) is 11.3 Å². The summed E-state index contributed by atoms with van der Waals surface area (Å²) in [6.07, 6.45) is 5.42. The Morgan fingerprint density at radius 3 is 3.06 bits per heavy atom. The van der Waals surface area contributed by atoms with Gasteiger partial charge in [-0.1, -0.05) is 13.0 Å². The molecule has 0 aromatic carbocycles. The van der Waals surface area contributed by atoms with Crippen LogP contribution in [-0.2, 0) is 11.2 Å². The number of nitrogens with zero attached hydrogens (tertiary/aromatic N) is 2. The molecule has 0 aliphatic carbocycles. The lowest BCUT2D eigenvalue weighted by molar-refractivity contribution is -0.119. The van der Waals surface area contributed by atoms with Gasteiger partial charge in [-0.25, -0.2) is 4.98 Å². The number of hydrogen-bond donors (Lipinski definition) is 1. The molecule has 0 saturated carbocycles. The maximum absolute atomic E-state index is 11.9. The van der Waals surface area contributed by atoms with Crippen LogP contribution in [0.1, 0.15) is 11.8 Å². The highest BCUT2D eigenvalue weighted by molar-refractivity contribution is 7.09. The Bertz CT molecular complexity index is 470. The average molecular weight is 247 g/mol. The minimum absolute atomic E-state index is 0.0288. The molecule has 0 saturated heterocycles. The third-order valence-corrected chi connectivity index (χ3v) is 3.25. The highest BCUT2D eigenvalue weighted by Crippen LogP contribution is 2.15. The van der Waals surface area contributed by atoms with Gasteiger partial charge in [0.05, 0.1) is 6.20 Å². The summed E-state index contributed by atoms with van der Waals surface area (Å²) in [4.78, 5) is 21.0. The molecular formula is C12H13N3OS. The first-order chi connectivity index (χ1) is 8.25. The fourth-order valence-electron chi connectivity index (χ4n) is 1.44. The number of carbonyl (C=O) groups is 1. The number of rotatable bonds is 4. The van der Waals surface area contributed by atoms with Crippen LogP contribution in [0.25, 0.3) is 0 Å². The van der Waals surface area contributed by atoms with Gasteiger partial charge in [0.2, 0.25) is 5.91 Å². The van der Waals surface area contributed by atoms with Crippen molar-refractivity contribution < 1.29 is 4.79 Å². The van der Waals surface area contributed by atoms with E-state index in [1.165, 1.54) is 11.1 Å². The Morgan fingerprint density at radius 1 is 1.53 bits per heavy atom. The number of anilines is 1. The van der Waals surface area contributed by atoms with Gasteiger partial charge in [-0.3, -0.25) is 9.78 Å². The van der Waals surface area contributed by atoms with Crippen LogP contribution in [0.2, 0.25) is 0 Å². The van der Waals surface area contributed by atoms with E-state index in [9.17, 15) is 4.79 Å². The van der Waals surface area contributed by atoms with Crippen molar-refractivity contribution in [3.63, 3.8) is 0 Å². The van der Waals surface area contributed by atoms with Gasteiger partial charge >= 0.3 is 0 Å². The van der Waals surface area contributed by atoms with Crippen molar-refractivity contribution in [2.75, 3.05) is 5.32 Å². The molecule has 0 unspecified atom stereocenters. The third-order valence-electron chi connectivity index (χ3n) is 2.35. The van der Waals surface area contributed by atoms with Gasteiger partial charge in [0.15, 0.2) is 5.82 Å². The molecule has 0 bridgehead atoms. The number of aromatic nitrogens is 2. The minimum Gasteiger partial charge on any atom is -0.309 e. The normalized spacial score (nSPS) is 12.1. The molecule has 4 nitrogen and oxygen atoms in total. The second-order valence-corrected chi connectivity index (χ2v) is 4.80. The molecule has 0 fully saturated rings. The molecule has 0 spiro atoms. The van der Waals surface area contributed by atoms with Crippen LogP contribution in [0.15, 0.2) is 36.1 Å². The maximum atomic E-state index is 11.9. The summed E-state index contributed by atoms with van der Waals surface area (Å²) in [5.74, 6) is 0.394. The van der Waals surface area contributed by atoms with Gasteiger partial charge in [-0.05, 0) is 17.9 Å². The first-order valence-corrected chi connectivity index (χ1v) is 6.23. The van der Waals surface area contributed by atoms with Crippen molar-refractivity contribution in [2.45, 2.75) is 13.3 Å². The number of amides is 1. The zero-order valence-corrected chi connectivity index (χ0v) is 10.3. The Labute approximate surface area is 104 Å². The van der Waals surface area contributed by atoms with Crippen molar-refractivity contribution in [3.05, 3.63) is 41.0 Å². The Balaban J connectivity index is 1.92. The van der Waals surface area contributed by atoms with Crippen molar-refractivity contribution in [3.8, 4) is 0 Å². The van der Waals surface area contributed by atoms with Crippen LogP contribution in [0.4, 0.5) is 5.82 Å². The monoisotopic (exact) mass is 247 g/mol. The zero-order chi connectivity index (χ0) is 12.1. The maximum Gasteiger partial charge on any atom is 0.228 e. The van der Waals surface area contributed by atoms with E-state index in [4.69, 9.17) is 0 Å². The standard InChI is InChI=1S/C12H13N3OS/c1-9(7-10-3-2-6-17-10)12(16)15-11-8-13-4-5-14-11/h2-6,8-9H,7H2,1H3,(H,14,15,16)/t9-/m0/s1. The van der Waals surface area contributed by atoms with Gasteiger partial charge in [0.1, 0.15) is 0 Å². The summed E-state index contributed by atoms with van der Waals surface area (Å²) < 4.78 is 0. The lowest BCUT2D eigenvalue weighted by Crippen LogP contribution is -2.22. The molecule has 0 aliphatic rings. The van der Waals surface area contributed by atoms with Gasteiger partial charge in [0.25, 0.3) is 0 Å². The lowest BCUT2D eigenvalue weighted by atomic mass is 10.1. The van der Waals surface area contributed by atoms with Crippen LogP contribution in [-0.4, -0.2) is 15.9 Å². The van der Waals surface area contributed by atoms with E-state index < -0.39 is 0 Å². The zero-order valence-electron chi connectivity index (χ0n) is 9.46. The SMILES string of the molecule is C[C@@H](Cc1cccs1)C(=O)Nc1cnccn1. The van der Waals surface area contributed by atoms with Gasteiger partial charge < -0.3 is 5.32 Å². The smallest absolute Gasteiger partial charge is 0.228 e. The van der Waals surface area contributed by atoms with E-state index >= 15 is 0 Å². The quantitative estimate of drug-likeness (QED) is 0.902. The first-order valence-electron chi connectivity index (χ1n) is 5.35. The predicted octanol–water partition coefficient (Wildman–Crippen LogP) is 2.36. The van der Waals surface area contributed by atoms with E-state index in [-0.39, 0.29) is 11.8 Å². The molecule has 1 amide bonds.